The third-order valence-electron chi connectivity index (χ3n) is 2.12. The van der Waals surface area contributed by atoms with Crippen molar-refractivity contribution in [1.29, 1.82) is 0 Å². The zero-order chi connectivity index (χ0) is 13.3. The molecule has 0 aliphatic rings. The Kier molecular flexibility index (Phi) is 3.12. The van der Waals surface area contributed by atoms with Crippen molar-refractivity contribution >= 4 is 17.6 Å². The molecule has 92 valence electrons. The van der Waals surface area contributed by atoms with E-state index in [-0.39, 0.29) is 10.7 Å². The molecule has 0 atom stereocenters. The molecule has 0 radical (unpaired) electrons. The Morgan fingerprint density at radius 2 is 2.11 bits per heavy atom. The molecule has 0 saturated carbocycles. The first-order valence-electron chi connectivity index (χ1n) is 4.77. The monoisotopic (exact) mass is 268 g/mol. The van der Waals surface area contributed by atoms with Crippen molar-refractivity contribution in [2.24, 2.45) is 0 Å². The molecule has 7 heteroatoms. The summed E-state index contributed by atoms with van der Waals surface area (Å²) in [5, 5.41) is 12.5. The smallest absolute Gasteiger partial charge is 0.360 e. The Morgan fingerprint density at radius 1 is 1.39 bits per heavy atom. The van der Waals surface area contributed by atoms with Gasteiger partial charge >= 0.3 is 5.97 Å². The van der Waals surface area contributed by atoms with Gasteiger partial charge in [0.25, 0.3) is 0 Å². The van der Waals surface area contributed by atoms with E-state index in [9.17, 15) is 14.0 Å². The highest BCUT2D eigenvalue weighted by molar-refractivity contribution is 6.30. The summed E-state index contributed by atoms with van der Waals surface area (Å²) in [6.07, 6.45) is 1.24. The number of nitrogens with zero attached hydrogens (tertiary/aromatic N) is 2. The van der Waals surface area contributed by atoms with Crippen molar-refractivity contribution in [2.45, 2.75) is 0 Å². The quantitative estimate of drug-likeness (QED) is 0.900. The average Bonchev–Trinajstić information content (AvgIpc) is 2.27. The molecule has 0 aliphatic heterocycles. The molecule has 2 aromatic rings. The molecule has 18 heavy (non-hydrogen) atoms. The van der Waals surface area contributed by atoms with Crippen LogP contribution in [0.3, 0.4) is 0 Å². The van der Waals surface area contributed by atoms with Crippen molar-refractivity contribution < 1.29 is 14.3 Å². The van der Waals surface area contributed by atoms with Crippen LogP contribution in [0.2, 0.25) is 5.02 Å². The summed E-state index contributed by atoms with van der Waals surface area (Å²) < 4.78 is 14.2. The molecule has 1 heterocycles. The van der Waals surface area contributed by atoms with E-state index in [0.29, 0.717) is 0 Å². The van der Waals surface area contributed by atoms with E-state index < -0.39 is 22.9 Å². The van der Waals surface area contributed by atoms with Crippen LogP contribution < -0.4 is 5.43 Å². The molecule has 1 aromatic carbocycles. The third kappa shape index (κ3) is 2.38. The molecule has 1 N–H and O–H groups in total. The summed E-state index contributed by atoms with van der Waals surface area (Å²) in [4.78, 5) is 22.0. The van der Waals surface area contributed by atoms with Gasteiger partial charge in [0.05, 0.1) is 5.69 Å². The molecule has 0 amide bonds. The predicted octanol–water partition coefficient (Wildman–Crippen LogP) is 1.72. The van der Waals surface area contributed by atoms with Gasteiger partial charge in [0.2, 0.25) is 11.1 Å². The highest BCUT2D eigenvalue weighted by Gasteiger charge is 2.11. The van der Waals surface area contributed by atoms with E-state index in [4.69, 9.17) is 16.7 Å². The van der Waals surface area contributed by atoms with Gasteiger partial charge < -0.3 is 5.11 Å². The fourth-order valence-electron chi connectivity index (χ4n) is 1.37. The van der Waals surface area contributed by atoms with E-state index in [0.717, 1.165) is 22.9 Å². The van der Waals surface area contributed by atoms with E-state index in [2.05, 4.69) is 5.10 Å². The first-order valence-corrected chi connectivity index (χ1v) is 5.15. The van der Waals surface area contributed by atoms with Crippen molar-refractivity contribution in [2.75, 3.05) is 0 Å². The minimum Gasteiger partial charge on any atom is -0.476 e. The fraction of sp³-hybridized carbons (Fsp3) is 0. The molecule has 2 rings (SSSR count). The van der Waals surface area contributed by atoms with Crippen LogP contribution in [0.15, 0.2) is 35.3 Å². The molecule has 0 spiro atoms. The molecular formula is C11H6ClFN2O3. The minimum absolute atomic E-state index is 0.141. The summed E-state index contributed by atoms with van der Waals surface area (Å²) >= 11 is 5.67. The molecule has 0 unspecified atom stereocenters. The highest BCUT2D eigenvalue weighted by Crippen LogP contribution is 2.16. The number of rotatable bonds is 2. The first kappa shape index (κ1) is 12.3. The van der Waals surface area contributed by atoms with Gasteiger partial charge in [-0.3, -0.25) is 4.79 Å². The van der Waals surface area contributed by atoms with E-state index in [1.807, 2.05) is 0 Å². The second kappa shape index (κ2) is 4.58. The average molecular weight is 269 g/mol. The van der Waals surface area contributed by atoms with Gasteiger partial charge in [-0.25, -0.2) is 13.9 Å². The fourth-order valence-corrected chi connectivity index (χ4v) is 1.59. The molecule has 0 bridgehead atoms. The van der Waals surface area contributed by atoms with Crippen LogP contribution in [0.1, 0.15) is 10.5 Å². The van der Waals surface area contributed by atoms with Gasteiger partial charge in [-0.15, -0.1) is 0 Å². The highest BCUT2D eigenvalue weighted by atomic mass is 35.5. The van der Waals surface area contributed by atoms with Gasteiger partial charge in [-0.2, -0.15) is 5.10 Å². The van der Waals surface area contributed by atoms with Gasteiger partial charge in [-0.05, 0) is 18.2 Å². The van der Waals surface area contributed by atoms with E-state index in [1.54, 1.807) is 0 Å². The normalized spacial score (nSPS) is 10.3. The lowest BCUT2D eigenvalue weighted by molar-refractivity contribution is 0.0687. The zero-order valence-electron chi connectivity index (χ0n) is 8.80. The number of carbonyl (C=O) groups is 1. The number of carboxylic acid groups (broad SMARTS) is 1. The van der Waals surface area contributed by atoms with Crippen molar-refractivity contribution in [3.63, 3.8) is 0 Å². The summed E-state index contributed by atoms with van der Waals surface area (Å²) in [5.74, 6) is -2.04. The van der Waals surface area contributed by atoms with Crippen LogP contribution in [0.4, 0.5) is 4.39 Å². The van der Waals surface area contributed by atoms with Crippen LogP contribution >= 0.6 is 11.6 Å². The van der Waals surface area contributed by atoms with Crippen LogP contribution in [-0.4, -0.2) is 20.9 Å². The molecule has 1 aromatic heterocycles. The second-order valence-corrected chi connectivity index (χ2v) is 3.84. The third-order valence-corrected chi connectivity index (χ3v) is 2.34. The summed E-state index contributed by atoms with van der Waals surface area (Å²) in [7, 11) is 0. The lowest BCUT2D eigenvalue weighted by Gasteiger charge is -2.06. The zero-order valence-corrected chi connectivity index (χ0v) is 9.56. The van der Waals surface area contributed by atoms with Crippen LogP contribution in [-0.2, 0) is 0 Å². The van der Waals surface area contributed by atoms with Gasteiger partial charge in [0.15, 0.2) is 0 Å². The van der Waals surface area contributed by atoms with Crippen molar-refractivity contribution in [3.8, 4) is 5.69 Å². The summed E-state index contributed by atoms with van der Waals surface area (Å²) in [6.45, 7) is 0. The molecule has 0 saturated heterocycles. The minimum atomic E-state index is -1.45. The molecule has 5 nitrogen and oxygen atoms in total. The van der Waals surface area contributed by atoms with Crippen molar-refractivity contribution in [1.82, 2.24) is 9.78 Å². The van der Waals surface area contributed by atoms with Gasteiger partial charge in [-0.1, -0.05) is 11.6 Å². The number of benzene rings is 1. The lowest BCUT2D eigenvalue weighted by atomic mass is 10.3. The topological polar surface area (TPSA) is 72.2 Å². The SMILES string of the molecule is O=C(O)c1nn(-c2cc(F)cc(Cl)c2)ccc1=O. The van der Waals surface area contributed by atoms with E-state index >= 15 is 0 Å². The maximum atomic E-state index is 13.1. The van der Waals surface area contributed by atoms with Gasteiger partial charge in [0.1, 0.15) is 5.82 Å². The molecule has 0 fully saturated rings. The number of aromatic carboxylic acids is 1. The Bertz CT molecular complexity index is 664. The summed E-state index contributed by atoms with van der Waals surface area (Å²) in [6, 6.07) is 4.66. The van der Waals surface area contributed by atoms with E-state index in [1.165, 1.54) is 12.3 Å². The van der Waals surface area contributed by atoms with Crippen LogP contribution in [0.5, 0.6) is 0 Å². The summed E-state index contributed by atoms with van der Waals surface area (Å²) in [5.41, 5.74) is -1.14. The standard InChI is InChI=1S/C11H6ClFN2O3/c12-6-3-7(13)5-8(4-6)15-2-1-9(16)10(14-15)11(17)18/h1-5H,(H,17,18). The predicted molar refractivity (Wildman–Crippen MR) is 61.8 cm³/mol. The van der Waals surface area contributed by atoms with Gasteiger partial charge in [0, 0.05) is 17.3 Å². The van der Waals surface area contributed by atoms with Crippen LogP contribution in [0.25, 0.3) is 5.69 Å². The maximum Gasteiger partial charge on any atom is 0.360 e. The largest absolute Gasteiger partial charge is 0.476 e. The van der Waals surface area contributed by atoms with Crippen molar-refractivity contribution in [3.05, 3.63) is 57.2 Å². The Balaban J connectivity index is 2.61. The Hall–Kier alpha value is -2.21. The maximum absolute atomic E-state index is 13.1. The number of hydrogen-bond acceptors (Lipinski definition) is 3. The second-order valence-electron chi connectivity index (χ2n) is 3.41. The Labute approximate surface area is 105 Å². The number of carboxylic acids is 1. The Morgan fingerprint density at radius 3 is 2.72 bits per heavy atom. The molecular weight excluding hydrogens is 263 g/mol. The number of hydrogen-bond donors (Lipinski definition) is 1. The first-order chi connectivity index (χ1) is 8.47. The number of aromatic nitrogens is 2. The lowest BCUT2D eigenvalue weighted by Crippen LogP contribution is -2.20. The number of halogens is 2. The molecule has 0 aliphatic carbocycles. The van der Waals surface area contributed by atoms with Crippen LogP contribution in [0, 0.1) is 5.82 Å².